The minimum Gasteiger partial charge on any atom is -0.379 e. The second-order valence-corrected chi connectivity index (χ2v) is 8.72. The summed E-state index contributed by atoms with van der Waals surface area (Å²) in [6, 6.07) is 4.19. The number of amides is 1. The summed E-state index contributed by atoms with van der Waals surface area (Å²) in [5.74, 6) is -0.268. The number of hydrogen-bond acceptors (Lipinski definition) is 4. The lowest BCUT2D eigenvalue weighted by Gasteiger charge is -2.48. The predicted octanol–water partition coefficient (Wildman–Crippen LogP) is 3.57. The number of nitriles is 1. The molecule has 1 amide bonds. The van der Waals surface area contributed by atoms with Gasteiger partial charge in [-0.2, -0.15) is 5.26 Å². The van der Waals surface area contributed by atoms with Gasteiger partial charge >= 0.3 is 0 Å². The fourth-order valence-corrected chi connectivity index (χ4v) is 5.04. The summed E-state index contributed by atoms with van der Waals surface area (Å²) >= 11 is 0. The zero-order valence-corrected chi connectivity index (χ0v) is 18.8. The van der Waals surface area contributed by atoms with Crippen LogP contribution in [0.25, 0.3) is 6.08 Å². The van der Waals surface area contributed by atoms with Gasteiger partial charge in [-0.25, -0.2) is 0 Å². The molecule has 6 heteroatoms. The molecule has 2 aliphatic rings. The third-order valence-electron chi connectivity index (χ3n) is 6.77. The molecule has 6 nitrogen and oxygen atoms in total. The molecule has 1 aromatic rings. The topological polar surface area (TPSA) is 70.3 Å². The highest BCUT2D eigenvalue weighted by atomic mass is 16.5. The van der Waals surface area contributed by atoms with E-state index >= 15 is 0 Å². The van der Waals surface area contributed by atoms with Crippen molar-refractivity contribution in [3.63, 3.8) is 0 Å². The van der Waals surface area contributed by atoms with E-state index in [0.717, 1.165) is 69.1 Å². The minimum absolute atomic E-state index is 0.00475. The highest BCUT2D eigenvalue weighted by molar-refractivity contribution is 6.01. The number of ether oxygens (including phenoxy) is 1. The quantitative estimate of drug-likeness (QED) is 0.549. The van der Waals surface area contributed by atoms with E-state index in [9.17, 15) is 10.1 Å². The first kappa shape index (κ1) is 22.6. The lowest BCUT2D eigenvalue weighted by Crippen LogP contribution is -2.59. The predicted molar refractivity (Wildman–Crippen MR) is 119 cm³/mol. The molecule has 30 heavy (non-hydrogen) atoms. The molecular formula is C24H36N4O2. The molecule has 0 aromatic carbocycles. The molecule has 3 rings (SSSR count). The van der Waals surface area contributed by atoms with Crippen LogP contribution in [0.4, 0.5) is 0 Å². The van der Waals surface area contributed by atoms with Crippen molar-refractivity contribution < 1.29 is 9.53 Å². The van der Waals surface area contributed by atoms with Crippen LogP contribution in [0.2, 0.25) is 0 Å². The fraction of sp³-hybridized carbons (Fsp3) is 0.667. The third kappa shape index (κ3) is 4.96. The maximum atomic E-state index is 12.9. The maximum absolute atomic E-state index is 12.9. The van der Waals surface area contributed by atoms with E-state index in [4.69, 9.17) is 4.74 Å². The Morgan fingerprint density at radius 3 is 2.60 bits per heavy atom. The maximum Gasteiger partial charge on any atom is 0.262 e. The highest BCUT2D eigenvalue weighted by Gasteiger charge is 2.39. The third-order valence-corrected chi connectivity index (χ3v) is 6.77. The Labute approximate surface area is 180 Å². The number of hydrogen-bond donors (Lipinski definition) is 1. The van der Waals surface area contributed by atoms with Gasteiger partial charge in [0.15, 0.2) is 0 Å². The Morgan fingerprint density at radius 2 is 1.97 bits per heavy atom. The monoisotopic (exact) mass is 412 g/mol. The van der Waals surface area contributed by atoms with Crippen molar-refractivity contribution in [2.45, 2.75) is 71.4 Å². The first-order valence-electron chi connectivity index (χ1n) is 11.4. The molecule has 0 atom stereocenters. The summed E-state index contributed by atoms with van der Waals surface area (Å²) in [5, 5.41) is 12.8. The summed E-state index contributed by atoms with van der Waals surface area (Å²) in [6.07, 6.45) is 8.63. The van der Waals surface area contributed by atoms with E-state index < -0.39 is 0 Å². The van der Waals surface area contributed by atoms with E-state index in [1.54, 1.807) is 6.08 Å². The number of nitrogens with zero attached hydrogens (tertiary/aromatic N) is 3. The Bertz CT molecular complexity index is 806. The van der Waals surface area contributed by atoms with Crippen molar-refractivity contribution >= 4 is 12.0 Å². The van der Waals surface area contributed by atoms with Crippen LogP contribution in [0.15, 0.2) is 11.6 Å². The van der Waals surface area contributed by atoms with Gasteiger partial charge in [0.25, 0.3) is 5.91 Å². The molecule has 2 fully saturated rings. The van der Waals surface area contributed by atoms with Crippen molar-refractivity contribution in [2.75, 3.05) is 32.8 Å². The normalized spacial score (nSPS) is 20.0. The fourth-order valence-electron chi connectivity index (χ4n) is 5.04. The van der Waals surface area contributed by atoms with E-state index in [0.29, 0.717) is 6.54 Å². The molecule has 0 unspecified atom stereocenters. The molecule has 0 bridgehead atoms. The number of rotatable bonds is 7. The number of aromatic nitrogens is 1. The average Bonchev–Trinajstić information content (AvgIpc) is 3.04. The molecule has 1 N–H and O–H groups in total. The lowest BCUT2D eigenvalue weighted by atomic mass is 9.79. The molecule has 2 heterocycles. The summed E-state index contributed by atoms with van der Waals surface area (Å²) in [4.78, 5) is 15.4. The van der Waals surface area contributed by atoms with Crippen molar-refractivity contribution in [1.82, 2.24) is 14.8 Å². The van der Waals surface area contributed by atoms with E-state index in [-0.39, 0.29) is 17.0 Å². The molecule has 1 aliphatic heterocycles. The smallest absolute Gasteiger partial charge is 0.262 e. The number of carbonyl (C=O) groups is 1. The van der Waals surface area contributed by atoms with Crippen LogP contribution in [0.1, 0.15) is 62.4 Å². The van der Waals surface area contributed by atoms with Gasteiger partial charge in [-0.15, -0.1) is 0 Å². The molecule has 0 spiro atoms. The van der Waals surface area contributed by atoms with Crippen molar-refractivity contribution in [1.29, 1.82) is 5.26 Å². The van der Waals surface area contributed by atoms with Crippen molar-refractivity contribution in [3.05, 3.63) is 28.6 Å². The van der Waals surface area contributed by atoms with Gasteiger partial charge in [-0.05, 0) is 50.8 Å². The van der Waals surface area contributed by atoms with E-state index in [2.05, 4.69) is 47.7 Å². The van der Waals surface area contributed by atoms with Gasteiger partial charge in [-0.1, -0.05) is 26.2 Å². The van der Waals surface area contributed by atoms with Crippen LogP contribution in [-0.2, 0) is 16.1 Å². The van der Waals surface area contributed by atoms with Crippen molar-refractivity contribution in [3.8, 4) is 6.07 Å². The second kappa shape index (κ2) is 10.3. The Morgan fingerprint density at radius 1 is 1.27 bits per heavy atom. The van der Waals surface area contributed by atoms with E-state index in [1.165, 1.54) is 19.3 Å². The number of aryl methyl sites for hydroxylation is 1. The Hall–Kier alpha value is -2.10. The zero-order valence-electron chi connectivity index (χ0n) is 18.8. The zero-order chi connectivity index (χ0) is 21.6. The van der Waals surface area contributed by atoms with Crippen molar-refractivity contribution in [2.24, 2.45) is 0 Å². The second-order valence-electron chi connectivity index (χ2n) is 8.72. The standard InChI is InChI=1S/C24H36N4O2/c1-4-10-28-19(2)15-21(20(28)3)16-22(17-25)23(29)26-18-24(8-6-5-7-9-24)27-11-13-30-14-12-27/h15-16H,4-14,18H2,1-3H3,(H,26,29)/b22-16-. The minimum atomic E-state index is -0.268. The van der Waals surface area contributed by atoms with Crippen LogP contribution < -0.4 is 5.32 Å². The SMILES string of the molecule is CCCn1c(C)cc(/C=C(/C#N)C(=O)NCC2(N3CCOCC3)CCCCC2)c1C. The van der Waals surface area contributed by atoms with Crippen LogP contribution in [0.3, 0.4) is 0 Å². The van der Waals surface area contributed by atoms with Gasteiger partial charge in [0.05, 0.1) is 13.2 Å². The summed E-state index contributed by atoms with van der Waals surface area (Å²) in [6.45, 7) is 11.2. The number of morpholine rings is 1. The molecule has 1 saturated carbocycles. The summed E-state index contributed by atoms with van der Waals surface area (Å²) in [5.41, 5.74) is 3.39. The van der Waals surface area contributed by atoms with Gasteiger partial charge in [0.1, 0.15) is 11.6 Å². The highest BCUT2D eigenvalue weighted by Crippen LogP contribution is 2.34. The molecule has 1 aliphatic carbocycles. The van der Waals surface area contributed by atoms with Crippen LogP contribution >= 0.6 is 0 Å². The van der Waals surface area contributed by atoms with Gasteiger partial charge < -0.3 is 14.6 Å². The van der Waals surface area contributed by atoms with Crippen LogP contribution in [0.5, 0.6) is 0 Å². The van der Waals surface area contributed by atoms with Crippen LogP contribution in [-0.4, -0.2) is 53.8 Å². The average molecular weight is 413 g/mol. The largest absolute Gasteiger partial charge is 0.379 e. The van der Waals surface area contributed by atoms with Gasteiger partial charge in [-0.3, -0.25) is 9.69 Å². The lowest BCUT2D eigenvalue weighted by molar-refractivity contribution is -0.118. The molecule has 0 radical (unpaired) electrons. The van der Waals surface area contributed by atoms with Gasteiger partial charge in [0, 0.05) is 43.1 Å². The summed E-state index contributed by atoms with van der Waals surface area (Å²) in [7, 11) is 0. The molecule has 1 saturated heterocycles. The first-order valence-corrected chi connectivity index (χ1v) is 11.4. The van der Waals surface area contributed by atoms with Gasteiger partial charge in [0.2, 0.25) is 0 Å². The number of nitrogens with one attached hydrogen (secondary N) is 1. The van der Waals surface area contributed by atoms with Crippen LogP contribution in [0, 0.1) is 25.2 Å². The van der Waals surface area contributed by atoms with E-state index in [1.807, 2.05) is 0 Å². The molecule has 1 aromatic heterocycles. The Kier molecular flexibility index (Phi) is 7.74. The molecular weight excluding hydrogens is 376 g/mol. The Balaban J connectivity index is 1.73. The first-order chi connectivity index (χ1) is 14.5. The number of carbonyl (C=O) groups excluding carboxylic acids is 1. The summed E-state index contributed by atoms with van der Waals surface area (Å²) < 4.78 is 7.78. The molecule has 164 valence electrons.